The third-order valence-corrected chi connectivity index (χ3v) is 5.07. The van der Waals surface area contributed by atoms with Crippen molar-refractivity contribution in [3.05, 3.63) is 69.7 Å². The molecule has 2 N–H and O–H groups in total. The first-order valence-electron chi connectivity index (χ1n) is 8.80. The molecule has 1 fully saturated rings. The molecule has 1 heterocycles. The highest BCUT2D eigenvalue weighted by Gasteiger charge is 2.24. The van der Waals surface area contributed by atoms with E-state index < -0.39 is 0 Å². The molecule has 142 valence electrons. The summed E-state index contributed by atoms with van der Waals surface area (Å²) in [4.78, 5) is 26.5. The predicted molar refractivity (Wildman–Crippen MR) is 107 cm³/mol. The van der Waals surface area contributed by atoms with E-state index in [9.17, 15) is 9.59 Å². The number of halogens is 2. The van der Waals surface area contributed by atoms with E-state index in [1.165, 1.54) is 5.56 Å². The zero-order chi connectivity index (χ0) is 19.2. The maximum Gasteiger partial charge on any atom is 0.253 e. The van der Waals surface area contributed by atoms with Crippen molar-refractivity contribution in [2.45, 2.75) is 19.0 Å². The monoisotopic (exact) mass is 405 g/mol. The molecule has 3 rings (SSSR count). The Morgan fingerprint density at radius 3 is 2.56 bits per heavy atom. The Bertz CT molecular complexity index is 811. The fourth-order valence-corrected chi connectivity index (χ4v) is 3.47. The van der Waals surface area contributed by atoms with Gasteiger partial charge in [-0.1, -0.05) is 47.5 Å². The number of hydrogen-bond acceptors (Lipinski definition) is 3. The molecule has 2 aromatic carbocycles. The second-order valence-electron chi connectivity index (χ2n) is 6.58. The lowest BCUT2D eigenvalue weighted by molar-refractivity contribution is -0.120. The molecule has 5 nitrogen and oxygen atoms in total. The van der Waals surface area contributed by atoms with Crippen molar-refractivity contribution in [2.75, 3.05) is 19.6 Å². The number of nitrogens with one attached hydrogen (secondary N) is 2. The molecule has 0 radical (unpaired) electrons. The highest BCUT2D eigenvalue weighted by atomic mass is 35.5. The molecule has 1 atom stereocenters. The average molecular weight is 406 g/mol. The zero-order valence-corrected chi connectivity index (χ0v) is 16.3. The SMILES string of the molecule is O=C(CNC(=O)c1ccccc1Cl)N[C@@H]1CCN(Cc2ccc(Cl)cc2)C1. The molecule has 7 heteroatoms. The van der Waals surface area contributed by atoms with Crippen LogP contribution in [0.4, 0.5) is 0 Å². The first-order chi connectivity index (χ1) is 13.0. The second-order valence-corrected chi connectivity index (χ2v) is 7.42. The lowest BCUT2D eigenvalue weighted by Gasteiger charge is -2.17. The van der Waals surface area contributed by atoms with E-state index in [2.05, 4.69) is 15.5 Å². The van der Waals surface area contributed by atoms with Crippen LogP contribution in [-0.4, -0.2) is 42.4 Å². The minimum Gasteiger partial charge on any atom is -0.350 e. The van der Waals surface area contributed by atoms with Crippen LogP contribution in [0.5, 0.6) is 0 Å². The molecule has 0 unspecified atom stereocenters. The minimum atomic E-state index is -0.355. The fourth-order valence-electron chi connectivity index (χ4n) is 3.12. The number of hydrogen-bond donors (Lipinski definition) is 2. The Morgan fingerprint density at radius 2 is 1.81 bits per heavy atom. The Hall–Kier alpha value is -2.08. The largest absolute Gasteiger partial charge is 0.350 e. The first-order valence-corrected chi connectivity index (χ1v) is 9.56. The number of amides is 2. The van der Waals surface area contributed by atoms with Gasteiger partial charge in [-0.15, -0.1) is 0 Å². The molecule has 0 aliphatic carbocycles. The van der Waals surface area contributed by atoms with Gasteiger partial charge in [0.1, 0.15) is 0 Å². The maximum absolute atomic E-state index is 12.1. The van der Waals surface area contributed by atoms with Crippen molar-refractivity contribution in [1.82, 2.24) is 15.5 Å². The molecule has 2 aromatic rings. The minimum absolute atomic E-state index is 0.0717. The van der Waals surface area contributed by atoms with Crippen molar-refractivity contribution >= 4 is 35.0 Å². The van der Waals surface area contributed by atoms with E-state index in [1.54, 1.807) is 24.3 Å². The maximum atomic E-state index is 12.1. The van der Waals surface area contributed by atoms with Gasteiger partial charge in [0, 0.05) is 30.7 Å². The second kappa shape index (κ2) is 9.22. The Kier molecular flexibility index (Phi) is 6.72. The predicted octanol–water partition coefficient (Wildman–Crippen LogP) is 3.11. The molecule has 27 heavy (non-hydrogen) atoms. The van der Waals surface area contributed by atoms with Crippen molar-refractivity contribution in [2.24, 2.45) is 0 Å². The van der Waals surface area contributed by atoms with Gasteiger partial charge in [-0.2, -0.15) is 0 Å². The van der Waals surface area contributed by atoms with Crippen LogP contribution in [0.1, 0.15) is 22.3 Å². The van der Waals surface area contributed by atoms with Crippen LogP contribution in [0.15, 0.2) is 48.5 Å². The number of benzene rings is 2. The molecule has 0 spiro atoms. The zero-order valence-electron chi connectivity index (χ0n) is 14.8. The highest BCUT2D eigenvalue weighted by molar-refractivity contribution is 6.33. The number of carbonyl (C=O) groups excluding carboxylic acids is 2. The molecule has 2 amide bonds. The van der Waals surface area contributed by atoms with Crippen molar-refractivity contribution < 1.29 is 9.59 Å². The Morgan fingerprint density at radius 1 is 1.07 bits per heavy atom. The van der Waals surface area contributed by atoms with E-state index in [1.807, 2.05) is 24.3 Å². The average Bonchev–Trinajstić information content (AvgIpc) is 3.09. The summed E-state index contributed by atoms with van der Waals surface area (Å²) >= 11 is 11.9. The van der Waals surface area contributed by atoms with E-state index in [-0.39, 0.29) is 24.4 Å². The van der Waals surface area contributed by atoms with Gasteiger partial charge in [0.2, 0.25) is 5.91 Å². The summed E-state index contributed by atoms with van der Waals surface area (Å²) in [5, 5.41) is 6.67. The summed E-state index contributed by atoms with van der Waals surface area (Å²) in [5.74, 6) is -0.555. The smallest absolute Gasteiger partial charge is 0.253 e. The summed E-state index contributed by atoms with van der Waals surface area (Å²) in [7, 11) is 0. The number of rotatable bonds is 6. The van der Waals surface area contributed by atoms with Crippen LogP contribution in [0, 0.1) is 0 Å². The standard InChI is InChI=1S/C20H21Cl2N3O2/c21-15-7-5-14(6-8-15)12-25-10-9-16(13-25)24-19(26)11-23-20(27)17-3-1-2-4-18(17)22/h1-8,16H,9-13H2,(H,23,27)(H,24,26)/t16-/m1/s1. The lowest BCUT2D eigenvalue weighted by Crippen LogP contribution is -2.43. The van der Waals surface area contributed by atoms with Crippen LogP contribution in [0.2, 0.25) is 10.0 Å². The lowest BCUT2D eigenvalue weighted by atomic mass is 10.2. The van der Waals surface area contributed by atoms with Crippen molar-refractivity contribution in [1.29, 1.82) is 0 Å². The summed E-state index contributed by atoms with van der Waals surface area (Å²) < 4.78 is 0. The van der Waals surface area contributed by atoms with Gasteiger partial charge >= 0.3 is 0 Å². The van der Waals surface area contributed by atoms with Gasteiger partial charge in [-0.3, -0.25) is 14.5 Å². The van der Waals surface area contributed by atoms with Gasteiger partial charge in [0.15, 0.2) is 0 Å². The highest BCUT2D eigenvalue weighted by Crippen LogP contribution is 2.16. The fraction of sp³-hybridized carbons (Fsp3) is 0.300. The van der Waals surface area contributed by atoms with E-state index in [0.717, 1.165) is 31.1 Å². The molecular weight excluding hydrogens is 385 g/mol. The van der Waals surface area contributed by atoms with Crippen LogP contribution in [-0.2, 0) is 11.3 Å². The third-order valence-electron chi connectivity index (χ3n) is 4.48. The first kappa shape index (κ1) is 19.7. The molecule has 1 aliphatic rings. The van der Waals surface area contributed by atoms with E-state index >= 15 is 0 Å². The molecule has 1 aliphatic heterocycles. The van der Waals surface area contributed by atoms with Crippen molar-refractivity contribution in [3.63, 3.8) is 0 Å². The Labute approximate surface area is 168 Å². The van der Waals surface area contributed by atoms with Gasteiger partial charge < -0.3 is 10.6 Å². The van der Waals surface area contributed by atoms with Crippen LogP contribution in [0.3, 0.4) is 0 Å². The summed E-state index contributed by atoms with van der Waals surface area (Å²) in [6.45, 7) is 2.46. The number of nitrogens with zero attached hydrogens (tertiary/aromatic N) is 1. The topological polar surface area (TPSA) is 61.4 Å². The van der Waals surface area contributed by atoms with Gasteiger partial charge in [0.05, 0.1) is 17.1 Å². The molecular formula is C20H21Cl2N3O2. The van der Waals surface area contributed by atoms with Crippen molar-refractivity contribution in [3.8, 4) is 0 Å². The summed E-state index contributed by atoms with van der Waals surface area (Å²) in [6, 6.07) is 14.6. The van der Waals surface area contributed by atoms with Crippen LogP contribution < -0.4 is 10.6 Å². The summed E-state index contributed by atoms with van der Waals surface area (Å²) in [6.07, 6.45) is 0.887. The van der Waals surface area contributed by atoms with E-state index in [0.29, 0.717) is 10.6 Å². The Balaban J connectivity index is 1.42. The van der Waals surface area contributed by atoms with Gasteiger partial charge in [-0.25, -0.2) is 0 Å². The third kappa shape index (κ3) is 5.70. The normalized spacial score (nSPS) is 16.9. The molecule has 0 aromatic heterocycles. The number of likely N-dealkylation sites (tertiary alicyclic amines) is 1. The molecule has 1 saturated heterocycles. The van der Waals surface area contributed by atoms with Crippen LogP contribution >= 0.6 is 23.2 Å². The van der Waals surface area contributed by atoms with Gasteiger partial charge in [-0.05, 0) is 36.2 Å². The molecule has 0 bridgehead atoms. The molecule has 0 saturated carbocycles. The summed E-state index contributed by atoms with van der Waals surface area (Å²) in [5.41, 5.74) is 1.56. The van der Waals surface area contributed by atoms with Gasteiger partial charge in [0.25, 0.3) is 5.91 Å². The van der Waals surface area contributed by atoms with E-state index in [4.69, 9.17) is 23.2 Å². The quantitative estimate of drug-likeness (QED) is 0.775. The number of carbonyl (C=O) groups is 2. The van der Waals surface area contributed by atoms with Crippen LogP contribution in [0.25, 0.3) is 0 Å².